The molecule has 0 heterocycles. The van der Waals surface area contributed by atoms with Crippen molar-refractivity contribution < 1.29 is 9.18 Å². The summed E-state index contributed by atoms with van der Waals surface area (Å²) in [5, 5.41) is 0. The molecular weight excluding hydrogens is 271 g/mol. The number of halogens is 2. The number of carbonyl (C=O) groups excluding carboxylic acids is 1. The molecule has 0 fully saturated rings. The standard InChI is InChI=1S/C13H16BrFO/c1-9(2)6-10-4-5-11(7-12(10)14)13(3,15)8-16/h4-5,7-9H,6H2,1-3H3. The summed E-state index contributed by atoms with van der Waals surface area (Å²) in [6.45, 7) is 5.53. The summed E-state index contributed by atoms with van der Waals surface area (Å²) in [4.78, 5) is 10.6. The smallest absolute Gasteiger partial charge is 0.188 e. The molecule has 0 N–H and O–H groups in total. The summed E-state index contributed by atoms with van der Waals surface area (Å²) < 4.78 is 14.6. The van der Waals surface area contributed by atoms with Crippen LogP contribution in [0.1, 0.15) is 31.9 Å². The first-order valence-electron chi connectivity index (χ1n) is 5.31. The van der Waals surface area contributed by atoms with Gasteiger partial charge in [-0.3, -0.25) is 4.79 Å². The second-order valence-electron chi connectivity index (χ2n) is 4.60. The van der Waals surface area contributed by atoms with Gasteiger partial charge in [0, 0.05) is 4.47 Å². The quantitative estimate of drug-likeness (QED) is 0.764. The van der Waals surface area contributed by atoms with Gasteiger partial charge in [-0.25, -0.2) is 4.39 Å². The van der Waals surface area contributed by atoms with Gasteiger partial charge in [-0.2, -0.15) is 0 Å². The zero-order valence-electron chi connectivity index (χ0n) is 9.76. The molecule has 0 aromatic heterocycles. The Kier molecular flexibility index (Phi) is 4.25. The van der Waals surface area contributed by atoms with Crippen molar-refractivity contribution in [2.24, 2.45) is 5.92 Å². The lowest BCUT2D eigenvalue weighted by atomic mass is 9.96. The van der Waals surface area contributed by atoms with Crippen molar-refractivity contribution >= 4 is 22.2 Å². The topological polar surface area (TPSA) is 17.1 Å². The van der Waals surface area contributed by atoms with E-state index in [-0.39, 0.29) is 0 Å². The van der Waals surface area contributed by atoms with E-state index in [9.17, 15) is 9.18 Å². The Hall–Kier alpha value is -0.700. The Morgan fingerprint density at radius 2 is 2.12 bits per heavy atom. The molecule has 16 heavy (non-hydrogen) atoms. The third-order valence-corrected chi connectivity index (χ3v) is 3.21. The lowest BCUT2D eigenvalue weighted by Gasteiger charge is -2.15. The number of aldehydes is 1. The number of rotatable bonds is 4. The molecule has 0 aliphatic rings. The van der Waals surface area contributed by atoms with E-state index >= 15 is 0 Å². The number of hydrogen-bond donors (Lipinski definition) is 0. The minimum atomic E-state index is -1.90. The van der Waals surface area contributed by atoms with Gasteiger partial charge in [0.15, 0.2) is 12.0 Å². The molecule has 1 aromatic rings. The predicted octanol–water partition coefficient (Wildman–Crippen LogP) is 4.03. The summed E-state index contributed by atoms with van der Waals surface area (Å²) in [7, 11) is 0. The Bertz CT molecular complexity index is 386. The van der Waals surface area contributed by atoms with Gasteiger partial charge in [0.2, 0.25) is 0 Å². The molecule has 3 heteroatoms. The maximum absolute atomic E-state index is 13.7. The van der Waals surface area contributed by atoms with Crippen molar-refractivity contribution in [3.63, 3.8) is 0 Å². The van der Waals surface area contributed by atoms with E-state index in [1.807, 2.05) is 6.07 Å². The zero-order valence-corrected chi connectivity index (χ0v) is 11.3. The molecule has 1 atom stereocenters. The van der Waals surface area contributed by atoms with Crippen LogP contribution in [0.15, 0.2) is 22.7 Å². The minimum Gasteiger partial charge on any atom is -0.299 e. The van der Waals surface area contributed by atoms with E-state index in [2.05, 4.69) is 29.8 Å². The van der Waals surface area contributed by atoms with Crippen molar-refractivity contribution in [1.82, 2.24) is 0 Å². The lowest BCUT2D eigenvalue weighted by molar-refractivity contribution is -0.117. The van der Waals surface area contributed by atoms with E-state index < -0.39 is 5.67 Å². The second-order valence-corrected chi connectivity index (χ2v) is 5.45. The van der Waals surface area contributed by atoms with Crippen molar-refractivity contribution in [2.75, 3.05) is 0 Å². The maximum Gasteiger partial charge on any atom is 0.188 e. The third-order valence-electron chi connectivity index (χ3n) is 2.47. The van der Waals surface area contributed by atoms with Gasteiger partial charge in [0.05, 0.1) is 0 Å². The summed E-state index contributed by atoms with van der Waals surface area (Å²) in [5.41, 5.74) is -0.374. The van der Waals surface area contributed by atoms with Gasteiger partial charge >= 0.3 is 0 Å². The highest BCUT2D eigenvalue weighted by molar-refractivity contribution is 9.10. The fraction of sp³-hybridized carbons (Fsp3) is 0.462. The molecule has 0 saturated carbocycles. The molecule has 1 nitrogen and oxygen atoms in total. The van der Waals surface area contributed by atoms with Crippen LogP contribution in [0.3, 0.4) is 0 Å². The number of benzene rings is 1. The van der Waals surface area contributed by atoms with E-state index in [4.69, 9.17) is 0 Å². The second kappa shape index (κ2) is 5.09. The molecule has 0 saturated heterocycles. The van der Waals surface area contributed by atoms with E-state index in [1.165, 1.54) is 6.92 Å². The molecule has 0 bridgehead atoms. The van der Waals surface area contributed by atoms with Gasteiger partial charge < -0.3 is 0 Å². The van der Waals surface area contributed by atoms with Gasteiger partial charge in [-0.05, 0) is 36.5 Å². The molecule has 0 amide bonds. The molecule has 1 rings (SSSR count). The first-order chi connectivity index (χ1) is 7.36. The first kappa shape index (κ1) is 13.4. The molecule has 0 radical (unpaired) electrons. The fourth-order valence-corrected chi connectivity index (χ4v) is 2.07. The summed E-state index contributed by atoms with van der Waals surface area (Å²) in [6.07, 6.45) is 1.27. The predicted molar refractivity (Wildman–Crippen MR) is 67.2 cm³/mol. The molecule has 88 valence electrons. The van der Waals surface area contributed by atoms with Crippen molar-refractivity contribution in [3.05, 3.63) is 33.8 Å². The van der Waals surface area contributed by atoms with Gasteiger partial charge in [0.25, 0.3) is 0 Å². The summed E-state index contributed by atoms with van der Waals surface area (Å²) in [5.74, 6) is 0.546. The Morgan fingerprint density at radius 3 is 2.56 bits per heavy atom. The SMILES string of the molecule is CC(C)Cc1ccc(C(C)(F)C=O)cc1Br. The van der Waals surface area contributed by atoms with E-state index in [0.717, 1.165) is 16.5 Å². The Morgan fingerprint density at radius 1 is 1.50 bits per heavy atom. The third kappa shape index (κ3) is 3.14. The molecule has 1 unspecified atom stereocenters. The van der Waals surface area contributed by atoms with Crippen molar-refractivity contribution in [1.29, 1.82) is 0 Å². The summed E-state index contributed by atoms with van der Waals surface area (Å²) in [6, 6.07) is 5.24. The molecule has 0 aliphatic carbocycles. The van der Waals surface area contributed by atoms with Crippen LogP contribution in [-0.4, -0.2) is 6.29 Å². The fourth-order valence-electron chi connectivity index (χ4n) is 1.52. The minimum absolute atomic E-state index is 0.330. The van der Waals surface area contributed by atoms with Crippen LogP contribution in [0.25, 0.3) is 0 Å². The van der Waals surface area contributed by atoms with Crippen LogP contribution < -0.4 is 0 Å². The Balaban J connectivity index is 3.04. The zero-order chi connectivity index (χ0) is 12.3. The molecule has 1 aromatic carbocycles. The van der Waals surface area contributed by atoms with Crippen LogP contribution >= 0.6 is 15.9 Å². The average Bonchev–Trinajstić information content (AvgIpc) is 2.20. The highest BCUT2D eigenvalue weighted by Crippen LogP contribution is 2.28. The first-order valence-corrected chi connectivity index (χ1v) is 6.10. The number of hydrogen-bond acceptors (Lipinski definition) is 1. The van der Waals surface area contributed by atoms with Crippen LogP contribution in [0, 0.1) is 5.92 Å². The van der Waals surface area contributed by atoms with Gasteiger partial charge in [-0.1, -0.05) is 41.9 Å². The highest BCUT2D eigenvalue weighted by Gasteiger charge is 2.25. The molecule has 0 aliphatic heterocycles. The van der Waals surface area contributed by atoms with Crippen LogP contribution in [0.2, 0.25) is 0 Å². The molecular formula is C13H16BrFO. The largest absolute Gasteiger partial charge is 0.299 e. The number of carbonyl (C=O) groups is 1. The van der Waals surface area contributed by atoms with Crippen LogP contribution in [0.4, 0.5) is 4.39 Å². The van der Waals surface area contributed by atoms with Gasteiger partial charge in [-0.15, -0.1) is 0 Å². The van der Waals surface area contributed by atoms with Crippen LogP contribution in [-0.2, 0) is 16.9 Å². The Labute approximate surface area is 104 Å². The number of alkyl halides is 1. The normalized spacial score (nSPS) is 14.9. The van der Waals surface area contributed by atoms with Gasteiger partial charge in [0.1, 0.15) is 0 Å². The van der Waals surface area contributed by atoms with Crippen molar-refractivity contribution in [2.45, 2.75) is 32.9 Å². The van der Waals surface area contributed by atoms with Crippen molar-refractivity contribution in [3.8, 4) is 0 Å². The van der Waals surface area contributed by atoms with E-state index in [0.29, 0.717) is 17.8 Å². The average molecular weight is 287 g/mol. The lowest BCUT2D eigenvalue weighted by Crippen LogP contribution is -2.16. The van der Waals surface area contributed by atoms with Crippen LogP contribution in [0.5, 0.6) is 0 Å². The monoisotopic (exact) mass is 286 g/mol. The highest BCUT2D eigenvalue weighted by atomic mass is 79.9. The maximum atomic E-state index is 13.7. The molecule has 0 spiro atoms. The summed E-state index contributed by atoms with van der Waals surface area (Å²) >= 11 is 3.41. The van der Waals surface area contributed by atoms with E-state index in [1.54, 1.807) is 12.1 Å².